The van der Waals surface area contributed by atoms with E-state index in [1.165, 1.54) is 6.42 Å². The van der Waals surface area contributed by atoms with Crippen LogP contribution in [0.1, 0.15) is 38.2 Å². The first-order valence-corrected chi connectivity index (χ1v) is 7.32. The lowest BCUT2D eigenvalue weighted by molar-refractivity contribution is -0.130. The van der Waals surface area contributed by atoms with Gasteiger partial charge in [0.2, 0.25) is 5.91 Å². The molecule has 0 bridgehead atoms. The Kier molecular flexibility index (Phi) is 4.83. The van der Waals surface area contributed by atoms with E-state index in [0.717, 1.165) is 49.5 Å². The van der Waals surface area contributed by atoms with E-state index >= 15 is 0 Å². The second-order valence-electron chi connectivity index (χ2n) is 5.43. The molecule has 104 valence electrons. The monoisotopic (exact) mass is 260 g/mol. The maximum Gasteiger partial charge on any atom is 0.222 e. The maximum absolute atomic E-state index is 12.1. The second kappa shape index (κ2) is 6.60. The van der Waals surface area contributed by atoms with Crippen LogP contribution in [0.2, 0.25) is 0 Å². The van der Waals surface area contributed by atoms with Gasteiger partial charge in [-0.3, -0.25) is 4.79 Å². The summed E-state index contributed by atoms with van der Waals surface area (Å²) in [5.41, 5.74) is 7.92. The summed E-state index contributed by atoms with van der Waals surface area (Å²) < 4.78 is 0. The van der Waals surface area contributed by atoms with E-state index in [1.807, 2.05) is 29.2 Å². The summed E-state index contributed by atoms with van der Waals surface area (Å²) in [7, 11) is 0. The van der Waals surface area contributed by atoms with E-state index in [9.17, 15) is 4.79 Å². The van der Waals surface area contributed by atoms with Gasteiger partial charge in [0.05, 0.1) is 0 Å². The number of hydrogen-bond donors (Lipinski definition) is 1. The molecule has 2 rings (SSSR count). The van der Waals surface area contributed by atoms with Crippen LogP contribution in [-0.4, -0.2) is 23.9 Å². The molecule has 0 aliphatic carbocycles. The van der Waals surface area contributed by atoms with Crippen LogP contribution in [-0.2, 0) is 11.2 Å². The highest BCUT2D eigenvalue weighted by atomic mass is 16.2. The van der Waals surface area contributed by atoms with Gasteiger partial charge in [0.1, 0.15) is 0 Å². The first-order valence-electron chi connectivity index (χ1n) is 7.32. The Bertz CT molecular complexity index is 431. The van der Waals surface area contributed by atoms with E-state index in [0.29, 0.717) is 12.3 Å². The standard InChI is InChI=1S/C16H24N2O/c1-2-13-7-8-16(19)18(11-9-13)12-10-14-5-3-4-6-15(14)17/h3-6,13H,2,7-12,17H2,1H3. The van der Waals surface area contributed by atoms with Crippen molar-refractivity contribution < 1.29 is 4.79 Å². The number of benzene rings is 1. The second-order valence-corrected chi connectivity index (χ2v) is 5.43. The van der Waals surface area contributed by atoms with Crippen molar-refractivity contribution in [3.8, 4) is 0 Å². The molecular weight excluding hydrogens is 236 g/mol. The van der Waals surface area contributed by atoms with Crippen LogP contribution in [0.25, 0.3) is 0 Å². The number of carbonyl (C=O) groups is 1. The lowest BCUT2D eigenvalue weighted by Crippen LogP contribution is -2.32. The summed E-state index contributed by atoms with van der Waals surface area (Å²) in [5.74, 6) is 1.03. The highest BCUT2D eigenvalue weighted by molar-refractivity contribution is 5.76. The zero-order valence-corrected chi connectivity index (χ0v) is 11.8. The molecule has 1 amide bonds. The molecule has 0 radical (unpaired) electrons. The van der Waals surface area contributed by atoms with Gasteiger partial charge in [-0.2, -0.15) is 0 Å². The van der Waals surface area contributed by atoms with E-state index in [1.54, 1.807) is 0 Å². The van der Waals surface area contributed by atoms with Gasteiger partial charge in [0, 0.05) is 25.2 Å². The summed E-state index contributed by atoms with van der Waals surface area (Å²) in [6, 6.07) is 7.92. The Labute approximate surface area is 115 Å². The summed E-state index contributed by atoms with van der Waals surface area (Å²) in [4.78, 5) is 14.1. The lowest BCUT2D eigenvalue weighted by Gasteiger charge is -2.21. The third-order valence-corrected chi connectivity index (χ3v) is 4.21. The number of rotatable bonds is 4. The third-order valence-electron chi connectivity index (χ3n) is 4.21. The Hall–Kier alpha value is -1.51. The molecule has 1 fully saturated rings. The van der Waals surface area contributed by atoms with E-state index in [4.69, 9.17) is 5.73 Å². The molecular formula is C16H24N2O. The predicted octanol–water partition coefficient (Wildman–Crippen LogP) is 2.85. The minimum absolute atomic E-state index is 0.311. The molecule has 3 heteroatoms. The summed E-state index contributed by atoms with van der Waals surface area (Å²) in [6.45, 7) is 3.92. The van der Waals surface area contributed by atoms with Crippen LogP contribution >= 0.6 is 0 Å². The van der Waals surface area contributed by atoms with Crippen molar-refractivity contribution in [2.24, 2.45) is 5.92 Å². The summed E-state index contributed by atoms with van der Waals surface area (Å²) in [5, 5.41) is 0. The van der Waals surface area contributed by atoms with Crippen LogP contribution in [0, 0.1) is 5.92 Å². The molecule has 1 saturated heterocycles. The molecule has 3 nitrogen and oxygen atoms in total. The Morgan fingerprint density at radius 1 is 1.32 bits per heavy atom. The SMILES string of the molecule is CCC1CCC(=O)N(CCc2ccccc2N)CC1. The number of nitrogens with two attached hydrogens (primary N) is 1. The minimum atomic E-state index is 0.311. The van der Waals surface area contributed by atoms with E-state index in [-0.39, 0.29) is 0 Å². The Balaban J connectivity index is 1.91. The zero-order valence-electron chi connectivity index (χ0n) is 11.8. The van der Waals surface area contributed by atoms with Crippen LogP contribution in [0.4, 0.5) is 5.69 Å². The van der Waals surface area contributed by atoms with Gasteiger partial charge in [0.25, 0.3) is 0 Å². The van der Waals surface area contributed by atoms with E-state index < -0.39 is 0 Å². The van der Waals surface area contributed by atoms with Crippen molar-refractivity contribution in [3.63, 3.8) is 0 Å². The topological polar surface area (TPSA) is 46.3 Å². The Morgan fingerprint density at radius 3 is 2.84 bits per heavy atom. The molecule has 1 aromatic carbocycles. The maximum atomic E-state index is 12.1. The van der Waals surface area contributed by atoms with Gasteiger partial charge < -0.3 is 10.6 Å². The van der Waals surface area contributed by atoms with E-state index in [2.05, 4.69) is 6.92 Å². The first-order chi connectivity index (χ1) is 9.20. The molecule has 1 atom stereocenters. The predicted molar refractivity (Wildman–Crippen MR) is 78.8 cm³/mol. The fourth-order valence-electron chi connectivity index (χ4n) is 2.76. The van der Waals surface area contributed by atoms with Crippen molar-refractivity contribution in [2.75, 3.05) is 18.8 Å². The van der Waals surface area contributed by atoms with Crippen LogP contribution in [0.15, 0.2) is 24.3 Å². The van der Waals surface area contributed by atoms with Gasteiger partial charge in [-0.05, 0) is 36.8 Å². The molecule has 2 N–H and O–H groups in total. The molecule has 0 saturated carbocycles. The van der Waals surface area contributed by atoms with Gasteiger partial charge in [-0.15, -0.1) is 0 Å². The van der Waals surface area contributed by atoms with Crippen LogP contribution in [0.3, 0.4) is 0 Å². The van der Waals surface area contributed by atoms with Crippen molar-refractivity contribution in [2.45, 2.75) is 39.0 Å². The number of para-hydroxylation sites is 1. The number of anilines is 1. The normalized spacial score (nSPS) is 20.4. The number of hydrogen-bond acceptors (Lipinski definition) is 2. The first kappa shape index (κ1) is 13.9. The van der Waals surface area contributed by atoms with Gasteiger partial charge in [0.15, 0.2) is 0 Å². The van der Waals surface area contributed by atoms with Crippen molar-refractivity contribution in [1.82, 2.24) is 4.90 Å². The van der Waals surface area contributed by atoms with Gasteiger partial charge >= 0.3 is 0 Å². The van der Waals surface area contributed by atoms with Crippen LogP contribution in [0.5, 0.6) is 0 Å². The summed E-state index contributed by atoms with van der Waals surface area (Å²) in [6.07, 6.45) is 4.95. The molecule has 19 heavy (non-hydrogen) atoms. The molecule has 1 aromatic rings. The average molecular weight is 260 g/mol. The molecule has 0 aromatic heterocycles. The molecule has 1 heterocycles. The quantitative estimate of drug-likeness (QED) is 0.846. The minimum Gasteiger partial charge on any atom is -0.399 e. The van der Waals surface area contributed by atoms with Crippen molar-refractivity contribution in [3.05, 3.63) is 29.8 Å². The smallest absolute Gasteiger partial charge is 0.222 e. The number of carbonyl (C=O) groups excluding carboxylic acids is 1. The van der Waals surface area contributed by atoms with Crippen LogP contribution < -0.4 is 5.73 Å². The highest BCUT2D eigenvalue weighted by Crippen LogP contribution is 2.21. The largest absolute Gasteiger partial charge is 0.399 e. The Morgan fingerprint density at radius 2 is 2.11 bits per heavy atom. The number of amides is 1. The van der Waals surface area contributed by atoms with Gasteiger partial charge in [-0.1, -0.05) is 31.5 Å². The fraction of sp³-hybridized carbons (Fsp3) is 0.562. The fourth-order valence-corrected chi connectivity index (χ4v) is 2.76. The molecule has 1 aliphatic heterocycles. The van der Waals surface area contributed by atoms with Gasteiger partial charge in [-0.25, -0.2) is 0 Å². The van der Waals surface area contributed by atoms with Crippen molar-refractivity contribution in [1.29, 1.82) is 0 Å². The van der Waals surface area contributed by atoms with Crippen molar-refractivity contribution >= 4 is 11.6 Å². The molecule has 1 aliphatic rings. The average Bonchev–Trinajstić information content (AvgIpc) is 2.60. The highest BCUT2D eigenvalue weighted by Gasteiger charge is 2.21. The summed E-state index contributed by atoms with van der Waals surface area (Å²) >= 11 is 0. The number of likely N-dealkylation sites (tertiary alicyclic amines) is 1. The zero-order chi connectivity index (χ0) is 13.7. The number of nitrogens with zero attached hydrogens (tertiary/aromatic N) is 1. The molecule has 0 spiro atoms. The lowest BCUT2D eigenvalue weighted by atomic mass is 9.98. The number of nitrogen functional groups attached to an aromatic ring is 1. The third kappa shape index (κ3) is 3.72. The molecule has 1 unspecified atom stereocenters.